The third kappa shape index (κ3) is 4.53. The Morgan fingerprint density at radius 1 is 1.22 bits per heavy atom. The summed E-state index contributed by atoms with van der Waals surface area (Å²) in [4.78, 5) is 27.7. The lowest BCUT2D eigenvalue weighted by atomic mass is 10.1. The summed E-state index contributed by atoms with van der Waals surface area (Å²) in [5, 5.41) is 0. The molecule has 0 radical (unpaired) electrons. The molecular formula is C16H16BrN3O3. The van der Waals surface area contributed by atoms with Crippen molar-refractivity contribution in [3.8, 4) is 11.3 Å². The molecule has 0 unspecified atom stereocenters. The summed E-state index contributed by atoms with van der Waals surface area (Å²) in [6.45, 7) is 3.64. The monoisotopic (exact) mass is 377 g/mol. The van der Waals surface area contributed by atoms with Crippen LogP contribution in [-0.2, 0) is 4.74 Å². The second-order valence-electron chi connectivity index (χ2n) is 4.64. The highest BCUT2D eigenvalue weighted by molar-refractivity contribution is 9.10. The number of aryl methyl sites for hydroxylation is 1. The Bertz CT molecular complexity index is 734. The summed E-state index contributed by atoms with van der Waals surface area (Å²) >= 11 is 3.42. The molecule has 2 amide bonds. The average Bonchev–Trinajstić information content (AvgIpc) is 2.53. The molecule has 0 saturated carbocycles. The van der Waals surface area contributed by atoms with Gasteiger partial charge in [0.25, 0.3) is 5.91 Å². The Morgan fingerprint density at radius 2 is 2.00 bits per heavy atom. The van der Waals surface area contributed by atoms with Crippen molar-refractivity contribution < 1.29 is 14.3 Å². The van der Waals surface area contributed by atoms with Crippen molar-refractivity contribution in [1.29, 1.82) is 0 Å². The van der Waals surface area contributed by atoms with Crippen LogP contribution in [0.15, 0.2) is 40.9 Å². The molecule has 0 spiro atoms. The first kappa shape index (κ1) is 17.0. The van der Waals surface area contributed by atoms with Crippen molar-refractivity contribution in [2.75, 3.05) is 6.61 Å². The number of hydrogen-bond acceptors (Lipinski definition) is 4. The highest BCUT2D eigenvalue weighted by Crippen LogP contribution is 2.22. The zero-order chi connectivity index (χ0) is 16.8. The van der Waals surface area contributed by atoms with E-state index in [4.69, 9.17) is 0 Å². The van der Waals surface area contributed by atoms with Gasteiger partial charge in [0.05, 0.1) is 23.6 Å². The van der Waals surface area contributed by atoms with Crippen LogP contribution in [0.3, 0.4) is 0 Å². The minimum absolute atomic E-state index is 0.226. The molecule has 2 aromatic rings. The summed E-state index contributed by atoms with van der Waals surface area (Å²) in [6.07, 6.45) is -0.711. The minimum atomic E-state index is -0.711. The number of hydrogen-bond donors (Lipinski definition) is 2. The van der Waals surface area contributed by atoms with Gasteiger partial charge in [-0.2, -0.15) is 0 Å². The molecule has 120 valence electrons. The number of hydrazine groups is 1. The largest absolute Gasteiger partial charge is 0.449 e. The predicted molar refractivity (Wildman–Crippen MR) is 89.7 cm³/mol. The predicted octanol–water partition coefficient (Wildman–Crippen LogP) is 3.21. The van der Waals surface area contributed by atoms with Crippen LogP contribution in [0.1, 0.15) is 23.0 Å². The van der Waals surface area contributed by atoms with E-state index in [-0.39, 0.29) is 6.61 Å². The van der Waals surface area contributed by atoms with Crippen LogP contribution in [0.25, 0.3) is 11.3 Å². The lowest BCUT2D eigenvalue weighted by Crippen LogP contribution is -2.42. The molecule has 1 aromatic carbocycles. The zero-order valence-corrected chi connectivity index (χ0v) is 14.3. The van der Waals surface area contributed by atoms with Crippen molar-refractivity contribution in [1.82, 2.24) is 15.8 Å². The number of amides is 2. The topological polar surface area (TPSA) is 80.3 Å². The third-order valence-corrected chi connectivity index (χ3v) is 3.50. The second-order valence-corrected chi connectivity index (χ2v) is 5.56. The Morgan fingerprint density at radius 3 is 2.65 bits per heavy atom. The van der Waals surface area contributed by atoms with Crippen LogP contribution in [0.2, 0.25) is 0 Å². The van der Waals surface area contributed by atoms with Crippen LogP contribution < -0.4 is 10.9 Å². The third-order valence-electron chi connectivity index (χ3n) is 3.00. The number of carbonyl (C=O) groups is 2. The molecule has 0 bridgehead atoms. The van der Waals surface area contributed by atoms with Gasteiger partial charge in [0, 0.05) is 10.0 Å². The number of rotatable bonds is 3. The molecular weight excluding hydrogens is 362 g/mol. The summed E-state index contributed by atoms with van der Waals surface area (Å²) in [5.74, 6) is -0.455. The second kappa shape index (κ2) is 7.73. The molecule has 0 aliphatic rings. The van der Waals surface area contributed by atoms with Crippen LogP contribution in [0, 0.1) is 6.92 Å². The van der Waals surface area contributed by atoms with E-state index < -0.39 is 12.0 Å². The van der Waals surface area contributed by atoms with Crippen LogP contribution in [-0.4, -0.2) is 23.6 Å². The number of carbonyl (C=O) groups excluding carboxylic acids is 2. The van der Waals surface area contributed by atoms with Gasteiger partial charge in [0.2, 0.25) is 0 Å². The lowest BCUT2D eigenvalue weighted by molar-refractivity contribution is 0.0911. The average molecular weight is 378 g/mol. The number of pyridine rings is 1. The number of aromatic nitrogens is 1. The lowest BCUT2D eigenvalue weighted by Gasteiger charge is -2.10. The fraction of sp³-hybridized carbons (Fsp3) is 0.188. The van der Waals surface area contributed by atoms with E-state index in [0.29, 0.717) is 11.3 Å². The first-order valence-electron chi connectivity index (χ1n) is 6.98. The maximum atomic E-state index is 12.0. The molecule has 0 aliphatic heterocycles. The molecule has 0 atom stereocenters. The molecule has 23 heavy (non-hydrogen) atoms. The van der Waals surface area contributed by atoms with E-state index in [1.54, 1.807) is 26.0 Å². The van der Waals surface area contributed by atoms with Gasteiger partial charge in [0.15, 0.2) is 0 Å². The van der Waals surface area contributed by atoms with E-state index >= 15 is 0 Å². The number of halogens is 1. The zero-order valence-electron chi connectivity index (χ0n) is 12.7. The fourth-order valence-electron chi connectivity index (χ4n) is 1.95. The summed E-state index contributed by atoms with van der Waals surface area (Å²) < 4.78 is 5.62. The van der Waals surface area contributed by atoms with E-state index in [2.05, 4.69) is 36.5 Å². The van der Waals surface area contributed by atoms with E-state index in [1.807, 2.05) is 24.3 Å². The van der Waals surface area contributed by atoms with E-state index in [9.17, 15) is 9.59 Å². The van der Waals surface area contributed by atoms with Gasteiger partial charge in [-0.3, -0.25) is 15.2 Å². The van der Waals surface area contributed by atoms with Crippen LogP contribution in [0.4, 0.5) is 4.79 Å². The van der Waals surface area contributed by atoms with Crippen LogP contribution in [0.5, 0.6) is 0 Å². The van der Waals surface area contributed by atoms with E-state index in [0.717, 1.165) is 15.7 Å². The van der Waals surface area contributed by atoms with E-state index in [1.165, 1.54) is 0 Å². The summed E-state index contributed by atoms with van der Waals surface area (Å²) in [5.41, 5.74) is 7.09. The highest BCUT2D eigenvalue weighted by atomic mass is 79.9. The van der Waals surface area contributed by atoms with Crippen LogP contribution >= 0.6 is 15.9 Å². The van der Waals surface area contributed by atoms with Gasteiger partial charge in [-0.1, -0.05) is 28.1 Å². The number of ether oxygens (including phenoxy) is 1. The molecule has 2 N–H and O–H groups in total. The smallest absolute Gasteiger partial charge is 0.426 e. The molecule has 0 aliphatic carbocycles. The van der Waals surface area contributed by atoms with Gasteiger partial charge in [0.1, 0.15) is 0 Å². The Hall–Kier alpha value is -2.41. The Kier molecular flexibility index (Phi) is 5.70. The SMILES string of the molecule is CCOC(=O)NNC(=O)c1ccc(-c2cccc(Br)c2)nc1C. The maximum absolute atomic E-state index is 12.0. The van der Waals surface area contributed by atoms with Gasteiger partial charge in [-0.15, -0.1) is 0 Å². The van der Waals surface area contributed by atoms with Crippen molar-refractivity contribution in [3.05, 3.63) is 52.1 Å². The summed E-state index contributed by atoms with van der Waals surface area (Å²) in [7, 11) is 0. The van der Waals surface area contributed by atoms with Gasteiger partial charge >= 0.3 is 6.09 Å². The molecule has 2 rings (SSSR count). The van der Waals surface area contributed by atoms with Gasteiger partial charge < -0.3 is 4.74 Å². The fourth-order valence-corrected chi connectivity index (χ4v) is 2.35. The highest BCUT2D eigenvalue weighted by Gasteiger charge is 2.12. The quantitative estimate of drug-likeness (QED) is 0.804. The Labute approximate surface area is 142 Å². The van der Waals surface area contributed by atoms with Gasteiger partial charge in [-0.05, 0) is 38.1 Å². The molecule has 0 fully saturated rings. The van der Waals surface area contributed by atoms with Gasteiger partial charge in [-0.25, -0.2) is 10.2 Å². The number of nitrogens with zero attached hydrogens (tertiary/aromatic N) is 1. The number of benzene rings is 1. The molecule has 6 nitrogen and oxygen atoms in total. The maximum Gasteiger partial charge on any atom is 0.426 e. The summed E-state index contributed by atoms with van der Waals surface area (Å²) in [6, 6.07) is 11.2. The first-order valence-corrected chi connectivity index (χ1v) is 7.77. The molecule has 1 aromatic heterocycles. The minimum Gasteiger partial charge on any atom is -0.449 e. The van der Waals surface area contributed by atoms with Crippen molar-refractivity contribution in [2.24, 2.45) is 0 Å². The molecule has 1 heterocycles. The normalized spacial score (nSPS) is 10.0. The Balaban J connectivity index is 2.13. The number of nitrogens with one attached hydrogen (secondary N) is 2. The van der Waals surface area contributed by atoms with Crippen molar-refractivity contribution in [3.63, 3.8) is 0 Å². The van der Waals surface area contributed by atoms with Crippen molar-refractivity contribution in [2.45, 2.75) is 13.8 Å². The van der Waals surface area contributed by atoms with Crippen molar-refractivity contribution >= 4 is 27.9 Å². The standard InChI is InChI=1S/C16H16BrN3O3/c1-3-23-16(22)20-19-15(21)13-7-8-14(18-10(13)2)11-5-4-6-12(17)9-11/h4-9H,3H2,1-2H3,(H,19,21)(H,20,22). The first-order chi connectivity index (χ1) is 11.0. The molecule has 7 heteroatoms. The molecule has 0 saturated heterocycles.